The Hall–Kier alpha value is -1.13. The predicted octanol–water partition coefficient (Wildman–Crippen LogP) is 0.913. The molecule has 1 saturated carbocycles. The largest absolute Gasteiger partial charge is 0.465 e. The maximum Gasteiger partial charge on any atom is 0.407 e. The van der Waals surface area contributed by atoms with Crippen molar-refractivity contribution in [1.82, 2.24) is 4.90 Å². The second-order valence-corrected chi connectivity index (χ2v) is 4.07. The van der Waals surface area contributed by atoms with Crippen molar-refractivity contribution in [2.24, 2.45) is 11.3 Å². The average molecular weight is 201 g/mol. The van der Waals surface area contributed by atoms with E-state index in [0.29, 0.717) is 32.2 Å². The summed E-state index contributed by atoms with van der Waals surface area (Å²) < 4.78 is 13.2. The number of nitrogens with zero attached hydrogens (tertiary/aromatic N) is 1. The van der Waals surface area contributed by atoms with Crippen molar-refractivity contribution in [2.75, 3.05) is 13.1 Å². The minimum Gasteiger partial charge on any atom is -0.465 e. The number of hydrogen-bond donors (Lipinski definition) is 1. The van der Waals surface area contributed by atoms with E-state index in [1.54, 1.807) is 0 Å². The Kier molecular flexibility index (Phi) is 1.97. The molecule has 0 aromatic heterocycles. The molecule has 0 bridgehead atoms. The quantitative estimate of drug-likeness (QED) is 0.641. The number of aldehydes is 1. The molecule has 1 aliphatic heterocycles. The molecule has 1 heterocycles. The van der Waals surface area contributed by atoms with E-state index in [0.717, 1.165) is 0 Å². The first-order valence-electron chi connectivity index (χ1n) is 4.69. The summed E-state index contributed by atoms with van der Waals surface area (Å²) in [7, 11) is 0. The van der Waals surface area contributed by atoms with Crippen molar-refractivity contribution in [2.45, 2.75) is 19.0 Å². The fraction of sp³-hybridized carbons (Fsp3) is 0.778. The van der Waals surface area contributed by atoms with Crippen LogP contribution in [0.2, 0.25) is 0 Å². The van der Waals surface area contributed by atoms with Gasteiger partial charge < -0.3 is 14.8 Å². The molecule has 2 aliphatic rings. The Morgan fingerprint density at radius 1 is 1.50 bits per heavy atom. The third kappa shape index (κ3) is 1.11. The van der Waals surface area contributed by atoms with Gasteiger partial charge in [0.15, 0.2) is 0 Å². The third-order valence-corrected chi connectivity index (χ3v) is 3.53. The molecule has 2 atom stereocenters. The molecule has 4 nitrogen and oxygen atoms in total. The lowest BCUT2D eigenvalue weighted by Crippen LogP contribution is -2.39. The van der Waals surface area contributed by atoms with E-state index in [-0.39, 0.29) is 0 Å². The average Bonchev–Trinajstić information content (AvgIpc) is 2.71. The molecule has 0 radical (unpaired) electrons. The number of carbonyl (C=O) groups is 2. The zero-order valence-electron chi connectivity index (χ0n) is 7.65. The maximum atomic E-state index is 13.2. The van der Waals surface area contributed by atoms with Crippen LogP contribution in [0.5, 0.6) is 0 Å². The van der Waals surface area contributed by atoms with Gasteiger partial charge in [-0.15, -0.1) is 0 Å². The van der Waals surface area contributed by atoms with Crippen LogP contribution in [0.15, 0.2) is 0 Å². The zero-order chi connectivity index (χ0) is 10.3. The van der Waals surface area contributed by atoms with Gasteiger partial charge in [-0.2, -0.15) is 0 Å². The fourth-order valence-corrected chi connectivity index (χ4v) is 2.40. The molecule has 1 amide bonds. The van der Waals surface area contributed by atoms with E-state index < -0.39 is 23.6 Å². The number of hydrogen-bond acceptors (Lipinski definition) is 2. The summed E-state index contributed by atoms with van der Waals surface area (Å²) in [6.07, 6.45) is -0.385. The lowest BCUT2D eigenvalue weighted by Gasteiger charge is -2.30. The van der Waals surface area contributed by atoms with Gasteiger partial charge in [0.2, 0.25) is 0 Å². The van der Waals surface area contributed by atoms with Crippen LogP contribution in [0.1, 0.15) is 12.8 Å². The van der Waals surface area contributed by atoms with Crippen LogP contribution in [-0.2, 0) is 4.79 Å². The molecule has 1 spiro atoms. The molecule has 1 N–H and O–H groups in total. The highest BCUT2D eigenvalue weighted by atomic mass is 19.1. The molecule has 2 fully saturated rings. The van der Waals surface area contributed by atoms with E-state index in [1.165, 1.54) is 4.90 Å². The summed E-state index contributed by atoms with van der Waals surface area (Å²) in [5.41, 5.74) is -0.520. The number of carbonyl (C=O) groups excluding carboxylic acids is 1. The van der Waals surface area contributed by atoms with Crippen LogP contribution in [0.3, 0.4) is 0 Å². The van der Waals surface area contributed by atoms with Crippen molar-refractivity contribution >= 4 is 12.4 Å². The molecule has 0 aromatic carbocycles. The SMILES string of the molecule is O=CC1C(F)C12CCN(C(=O)O)CC2. The van der Waals surface area contributed by atoms with Crippen LogP contribution in [0, 0.1) is 11.3 Å². The molecule has 14 heavy (non-hydrogen) atoms. The number of rotatable bonds is 1. The first kappa shape index (κ1) is 9.43. The van der Waals surface area contributed by atoms with Gasteiger partial charge in [-0.3, -0.25) is 0 Å². The second kappa shape index (κ2) is 2.93. The Morgan fingerprint density at radius 2 is 2.07 bits per heavy atom. The first-order valence-corrected chi connectivity index (χ1v) is 4.69. The summed E-state index contributed by atoms with van der Waals surface area (Å²) in [4.78, 5) is 22.4. The summed E-state index contributed by atoms with van der Waals surface area (Å²) in [5.74, 6) is -0.488. The van der Waals surface area contributed by atoms with E-state index in [1.807, 2.05) is 0 Å². The number of carboxylic acid groups (broad SMARTS) is 1. The Labute approximate surface area is 80.7 Å². The highest BCUT2D eigenvalue weighted by molar-refractivity contribution is 5.66. The summed E-state index contributed by atoms with van der Waals surface area (Å²) in [6, 6.07) is 0. The van der Waals surface area contributed by atoms with Gasteiger partial charge in [0.1, 0.15) is 12.5 Å². The monoisotopic (exact) mass is 201 g/mol. The minimum absolute atomic E-state index is 0.347. The minimum atomic E-state index is -1.05. The van der Waals surface area contributed by atoms with Crippen molar-refractivity contribution in [3.8, 4) is 0 Å². The van der Waals surface area contributed by atoms with Crippen molar-refractivity contribution in [3.05, 3.63) is 0 Å². The Morgan fingerprint density at radius 3 is 2.43 bits per heavy atom. The fourth-order valence-electron chi connectivity index (χ4n) is 2.40. The lowest BCUT2D eigenvalue weighted by molar-refractivity contribution is -0.109. The lowest BCUT2D eigenvalue weighted by atomic mass is 9.91. The second-order valence-electron chi connectivity index (χ2n) is 4.07. The maximum absolute atomic E-state index is 13.2. The third-order valence-electron chi connectivity index (χ3n) is 3.53. The molecule has 2 rings (SSSR count). The smallest absolute Gasteiger partial charge is 0.407 e. The van der Waals surface area contributed by atoms with Crippen LogP contribution < -0.4 is 0 Å². The summed E-state index contributed by atoms with van der Waals surface area (Å²) in [5, 5.41) is 8.68. The highest BCUT2D eigenvalue weighted by Gasteiger charge is 2.66. The molecular weight excluding hydrogens is 189 g/mol. The number of amides is 1. The van der Waals surface area contributed by atoms with Crippen LogP contribution in [0.25, 0.3) is 0 Å². The van der Waals surface area contributed by atoms with Crippen molar-refractivity contribution in [3.63, 3.8) is 0 Å². The topological polar surface area (TPSA) is 57.6 Å². The number of halogens is 1. The van der Waals surface area contributed by atoms with Crippen LogP contribution in [0.4, 0.5) is 9.18 Å². The normalized spacial score (nSPS) is 34.2. The van der Waals surface area contributed by atoms with Gasteiger partial charge in [0, 0.05) is 18.5 Å². The van der Waals surface area contributed by atoms with E-state index >= 15 is 0 Å². The van der Waals surface area contributed by atoms with Crippen molar-refractivity contribution in [1.29, 1.82) is 0 Å². The summed E-state index contributed by atoms with van der Waals surface area (Å²) in [6.45, 7) is 0.695. The van der Waals surface area contributed by atoms with E-state index in [2.05, 4.69) is 0 Å². The first-order chi connectivity index (χ1) is 6.62. The van der Waals surface area contributed by atoms with Gasteiger partial charge in [-0.1, -0.05) is 0 Å². The molecular formula is C9H12FNO3. The van der Waals surface area contributed by atoms with Gasteiger partial charge in [-0.25, -0.2) is 9.18 Å². The zero-order valence-corrected chi connectivity index (χ0v) is 7.65. The van der Waals surface area contributed by atoms with Crippen LogP contribution in [-0.4, -0.2) is 41.6 Å². The predicted molar refractivity (Wildman–Crippen MR) is 45.7 cm³/mol. The Balaban J connectivity index is 1.97. The number of alkyl halides is 1. The van der Waals surface area contributed by atoms with Crippen LogP contribution >= 0.6 is 0 Å². The Bertz CT molecular complexity index is 273. The van der Waals surface area contributed by atoms with Crippen molar-refractivity contribution < 1.29 is 19.1 Å². The number of piperidine rings is 1. The van der Waals surface area contributed by atoms with Gasteiger partial charge in [-0.05, 0) is 12.8 Å². The molecule has 1 saturated heterocycles. The molecule has 2 unspecified atom stereocenters. The van der Waals surface area contributed by atoms with Gasteiger partial charge in [0.05, 0.1) is 5.92 Å². The number of likely N-dealkylation sites (tertiary alicyclic amines) is 1. The molecule has 78 valence electrons. The van der Waals surface area contributed by atoms with E-state index in [4.69, 9.17) is 5.11 Å². The summed E-state index contributed by atoms with van der Waals surface area (Å²) >= 11 is 0. The molecule has 0 aromatic rings. The van der Waals surface area contributed by atoms with Gasteiger partial charge in [0.25, 0.3) is 0 Å². The van der Waals surface area contributed by atoms with E-state index in [9.17, 15) is 14.0 Å². The molecule has 5 heteroatoms. The highest BCUT2D eigenvalue weighted by Crippen LogP contribution is 2.60. The van der Waals surface area contributed by atoms with Gasteiger partial charge >= 0.3 is 6.09 Å². The molecule has 1 aliphatic carbocycles. The standard InChI is InChI=1S/C9H12FNO3/c10-7-6(5-12)9(7)1-3-11(4-2-9)8(13)14/h5-7H,1-4H2,(H,13,14).